The van der Waals surface area contributed by atoms with Gasteiger partial charge in [0.15, 0.2) is 0 Å². The predicted molar refractivity (Wildman–Crippen MR) is 92.4 cm³/mol. The van der Waals surface area contributed by atoms with Gasteiger partial charge in [0.25, 0.3) is 5.91 Å². The zero-order valence-electron chi connectivity index (χ0n) is 14.6. The fraction of sp³-hybridized carbons (Fsp3) is 0.579. The van der Waals surface area contributed by atoms with Gasteiger partial charge in [-0.15, -0.1) is 0 Å². The van der Waals surface area contributed by atoms with Crippen LogP contribution in [-0.2, 0) is 15.3 Å². The summed E-state index contributed by atoms with van der Waals surface area (Å²) in [6.07, 6.45) is 4.72. The Morgan fingerprint density at radius 1 is 1.21 bits per heavy atom. The highest BCUT2D eigenvalue weighted by Crippen LogP contribution is 2.46. The number of amides is 2. The Bertz CT molecular complexity index is 721. The normalized spacial score (nSPS) is 28.7. The molecule has 1 aliphatic carbocycles. The van der Waals surface area contributed by atoms with E-state index >= 15 is 0 Å². The van der Waals surface area contributed by atoms with E-state index in [1.807, 2.05) is 43.9 Å². The minimum absolute atomic E-state index is 0.0129. The number of fused-ring (bicyclic) bond motifs is 2. The lowest BCUT2D eigenvalue weighted by Gasteiger charge is -2.34. The van der Waals surface area contributed by atoms with E-state index < -0.39 is 11.2 Å². The van der Waals surface area contributed by atoms with Crippen LogP contribution < -0.4 is 10.6 Å². The van der Waals surface area contributed by atoms with Crippen molar-refractivity contribution in [3.63, 3.8) is 0 Å². The molecule has 1 saturated heterocycles. The van der Waals surface area contributed by atoms with Gasteiger partial charge in [0.2, 0.25) is 11.6 Å². The molecule has 2 heterocycles. The lowest BCUT2D eigenvalue weighted by atomic mass is 9.96. The molecule has 2 fully saturated rings. The van der Waals surface area contributed by atoms with Gasteiger partial charge >= 0.3 is 0 Å². The molecule has 24 heavy (non-hydrogen) atoms. The highest BCUT2D eigenvalue weighted by Gasteiger charge is 2.63. The summed E-state index contributed by atoms with van der Waals surface area (Å²) in [5.74, 6) is 0.366. The third kappa shape index (κ3) is 1.97. The van der Waals surface area contributed by atoms with Gasteiger partial charge in [0.1, 0.15) is 0 Å². The van der Waals surface area contributed by atoms with Crippen LogP contribution in [0.1, 0.15) is 50.7 Å². The SMILES string of the molecule is Cc1cccc2c1NC(=O)C21NC(C)(C)C(=O)N1CC1CCCC1. The molecule has 2 N–H and O–H groups in total. The van der Waals surface area contributed by atoms with Crippen molar-refractivity contribution in [2.75, 3.05) is 11.9 Å². The zero-order chi connectivity index (χ0) is 17.1. The Morgan fingerprint density at radius 2 is 1.92 bits per heavy atom. The highest BCUT2D eigenvalue weighted by molar-refractivity contribution is 6.10. The maximum Gasteiger partial charge on any atom is 0.270 e. The predicted octanol–water partition coefficient (Wildman–Crippen LogP) is 2.50. The van der Waals surface area contributed by atoms with Crippen LogP contribution in [0.2, 0.25) is 0 Å². The van der Waals surface area contributed by atoms with Gasteiger partial charge < -0.3 is 10.2 Å². The molecule has 1 saturated carbocycles. The molecule has 1 unspecified atom stereocenters. The monoisotopic (exact) mass is 327 g/mol. The fourth-order valence-corrected chi connectivity index (χ4v) is 4.59. The molecule has 1 aromatic rings. The van der Waals surface area contributed by atoms with Crippen molar-refractivity contribution >= 4 is 17.5 Å². The summed E-state index contributed by atoms with van der Waals surface area (Å²) in [6, 6.07) is 5.91. The molecule has 2 aliphatic heterocycles. The van der Waals surface area contributed by atoms with E-state index in [9.17, 15) is 9.59 Å². The van der Waals surface area contributed by atoms with Gasteiger partial charge in [-0.3, -0.25) is 14.9 Å². The molecule has 4 rings (SSSR count). The number of aryl methyl sites for hydroxylation is 1. The number of para-hydroxylation sites is 1. The summed E-state index contributed by atoms with van der Waals surface area (Å²) >= 11 is 0. The molecular formula is C19H25N3O2. The van der Waals surface area contributed by atoms with Gasteiger partial charge in [0.05, 0.1) is 11.2 Å². The minimum Gasteiger partial charge on any atom is -0.322 e. The van der Waals surface area contributed by atoms with E-state index in [4.69, 9.17) is 0 Å². The van der Waals surface area contributed by atoms with Crippen LogP contribution in [0.4, 0.5) is 5.69 Å². The Balaban J connectivity index is 1.83. The van der Waals surface area contributed by atoms with E-state index in [1.165, 1.54) is 12.8 Å². The maximum atomic E-state index is 13.1. The van der Waals surface area contributed by atoms with Crippen LogP contribution in [0, 0.1) is 12.8 Å². The molecule has 0 bridgehead atoms. The van der Waals surface area contributed by atoms with E-state index in [0.717, 1.165) is 29.7 Å². The summed E-state index contributed by atoms with van der Waals surface area (Å²) in [5, 5.41) is 6.39. The lowest BCUT2D eigenvalue weighted by Crippen LogP contribution is -2.56. The molecule has 2 amide bonds. The summed E-state index contributed by atoms with van der Waals surface area (Å²) in [7, 11) is 0. The van der Waals surface area contributed by atoms with Crippen LogP contribution in [0.25, 0.3) is 0 Å². The molecular weight excluding hydrogens is 302 g/mol. The number of rotatable bonds is 2. The van der Waals surface area contributed by atoms with Gasteiger partial charge in [-0.2, -0.15) is 0 Å². The summed E-state index contributed by atoms with van der Waals surface area (Å²) in [6.45, 7) is 6.37. The first-order valence-electron chi connectivity index (χ1n) is 8.89. The minimum atomic E-state index is -1.06. The molecule has 3 aliphatic rings. The van der Waals surface area contributed by atoms with Gasteiger partial charge in [-0.05, 0) is 45.1 Å². The van der Waals surface area contributed by atoms with Crippen LogP contribution in [0.15, 0.2) is 18.2 Å². The van der Waals surface area contributed by atoms with E-state index in [0.29, 0.717) is 12.5 Å². The molecule has 5 heteroatoms. The number of carbonyl (C=O) groups is 2. The van der Waals surface area contributed by atoms with Crippen LogP contribution in [-0.4, -0.2) is 28.8 Å². The summed E-state index contributed by atoms with van der Waals surface area (Å²) < 4.78 is 0. The standard InChI is InChI=1S/C19H25N3O2/c1-12-7-6-10-14-15(12)20-16(23)19(14)21-18(2,3)17(24)22(19)11-13-8-4-5-9-13/h6-7,10,13,21H,4-5,8-9,11H2,1-3H3,(H,20,23). The van der Waals surface area contributed by atoms with Crippen LogP contribution >= 0.6 is 0 Å². The summed E-state index contributed by atoms with van der Waals surface area (Å²) in [5.41, 5.74) is 0.935. The summed E-state index contributed by atoms with van der Waals surface area (Å²) in [4.78, 5) is 28.0. The van der Waals surface area contributed by atoms with Crippen molar-refractivity contribution in [3.8, 4) is 0 Å². The highest BCUT2D eigenvalue weighted by atomic mass is 16.2. The van der Waals surface area contributed by atoms with Crippen LogP contribution in [0.3, 0.4) is 0 Å². The Kier molecular flexibility index (Phi) is 3.29. The first-order chi connectivity index (χ1) is 11.4. The number of nitrogens with zero attached hydrogens (tertiary/aromatic N) is 1. The van der Waals surface area contributed by atoms with Gasteiger partial charge in [-0.25, -0.2) is 0 Å². The smallest absolute Gasteiger partial charge is 0.270 e. The number of benzene rings is 1. The van der Waals surface area contributed by atoms with Crippen molar-refractivity contribution in [1.82, 2.24) is 10.2 Å². The number of anilines is 1. The van der Waals surface area contributed by atoms with E-state index in [1.54, 1.807) is 0 Å². The second kappa shape index (κ2) is 5.06. The molecule has 1 aromatic carbocycles. The molecule has 0 radical (unpaired) electrons. The Morgan fingerprint density at radius 3 is 2.62 bits per heavy atom. The zero-order valence-corrected chi connectivity index (χ0v) is 14.6. The molecule has 5 nitrogen and oxygen atoms in total. The maximum absolute atomic E-state index is 13.1. The number of hydrogen-bond acceptors (Lipinski definition) is 3. The van der Waals surface area contributed by atoms with Crippen molar-refractivity contribution < 1.29 is 9.59 Å². The Hall–Kier alpha value is -1.88. The number of nitrogens with one attached hydrogen (secondary N) is 2. The van der Waals surface area contributed by atoms with Crippen molar-refractivity contribution in [2.24, 2.45) is 5.92 Å². The van der Waals surface area contributed by atoms with E-state index in [-0.39, 0.29) is 11.8 Å². The molecule has 1 spiro atoms. The molecule has 128 valence electrons. The van der Waals surface area contributed by atoms with Crippen molar-refractivity contribution in [3.05, 3.63) is 29.3 Å². The average molecular weight is 327 g/mol. The molecule has 1 atom stereocenters. The largest absolute Gasteiger partial charge is 0.322 e. The van der Waals surface area contributed by atoms with Gasteiger partial charge in [-0.1, -0.05) is 31.0 Å². The second-order valence-electron chi connectivity index (χ2n) is 7.98. The fourth-order valence-electron chi connectivity index (χ4n) is 4.59. The average Bonchev–Trinajstić information content (AvgIpc) is 3.17. The lowest BCUT2D eigenvalue weighted by molar-refractivity contribution is -0.141. The first kappa shape index (κ1) is 15.6. The topological polar surface area (TPSA) is 61.4 Å². The number of carbonyl (C=O) groups excluding carboxylic acids is 2. The number of hydrogen-bond donors (Lipinski definition) is 2. The third-order valence-corrected chi connectivity index (χ3v) is 5.82. The van der Waals surface area contributed by atoms with E-state index in [2.05, 4.69) is 10.6 Å². The van der Waals surface area contributed by atoms with Crippen molar-refractivity contribution in [2.45, 2.75) is 57.7 Å². The van der Waals surface area contributed by atoms with Gasteiger partial charge in [0, 0.05) is 12.1 Å². The third-order valence-electron chi connectivity index (χ3n) is 5.82. The Labute approximate surface area is 142 Å². The second-order valence-corrected chi connectivity index (χ2v) is 7.98. The quantitative estimate of drug-likeness (QED) is 0.877. The van der Waals surface area contributed by atoms with Crippen LogP contribution in [0.5, 0.6) is 0 Å². The van der Waals surface area contributed by atoms with Crippen molar-refractivity contribution in [1.29, 1.82) is 0 Å². The first-order valence-corrected chi connectivity index (χ1v) is 8.89. The molecule has 0 aromatic heterocycles.